The van der Waals surface area contributed by atoms with Crippen molar-refractivity contribution in [1.82, 2.24) is 19.7 Å². The normalized spacial score (nSPS) is 21.0. The number of carbonyl (C=O) groups excluding carboxylic acids is 1. The van der Waals surface area contributed by atoms with Gasteiger partial charge in [-0.2, -0.15) is 5.10 Å². The third-order valence-electron chi connectivity index (χ3n) is 4.66. The summed E-state index contributed by atoms with van der Waals surface area (Å²) in [5.41, 5.74) is 1.23. The molecule has 128 valence electrons. The molecule has 0 unspecified atom stereocenters. The lowest BCUT2D eigenvalue weighted by molar-refractivity contribution is -0.136. The summed E-state index contributed by atoms with van der Waals surface area (Å²) in [5.74, 6) is 1.59. The number of aliphatic hydroxyl groups excluding tert-OH is 1. The Morgan fingerprint density at radius 2 is 2.04 bits per heavy atom. The van der Waals surface area contributed by atoms with Gasteiger partial charge >= 0.3 is 0 Å². The number of hydrogen-bond acceptors (Lipinski definition) is 4. The van der Waals surface area contributed by atoms with E-state index < -0.39 is 6.10 Å². The van der Waals surface area contributed by atoms with Crippen molar-refractivity contribution in [1.29, 1.82) is 0 Å². The lowest BCUT2D eigenvalue weighted by atomic mass is 9.88. The first kappa shape index (κ1) is 16.6. The Bertz CT molecular complexity index is 698. The number of aliphatic hydroxyl groups is 1. The van der Waals surface area contributed by atoms with Crippen molar-refractivity contribution in [3.8, 4) is 0 Å². The van der Waals surface area contributed by atoms with Crippen LogP contribution in [-0.4, -0.2) is 49.9 Å². The second-order valence-electron chi connectivity index (χ2n) is 6.51. The molecule has 0 saturated carbocycles. The molecule has 1 fully saturated rings. The number of rotatable bonds is 4. The van der Waals surface area contributed by atoms with Gasteiger partial charge in [-0.25, -0.2) is 9.67 Å². The average molecular weight is 328 g/mol. The highest BCUT2D eigenvalue weighted by atomic mass is 16.3. The highest BCUT2D eigenvalue weighted by Gasteiger charge is 2.30. The van der Waals surface area contributed by atoms with Gasteiger partial charge in [-0.05, 0) is 38.2 Å². The molecule has 0 radical (unpaired) electrons. The van der Waals surface area contributed by atoms with E-state index >= 15 is 0 Å². The minimum Gasteiger partial charge on any atom is -0.391 e. The van der Waals surface area contributed by atoms with E-state index in [0.717, 1.165) is 18.7 Å². The summed E-state index contributed by atoms with van der Waals surface area (Å²) in [6.07, 6.45) is 1.18. The summed E-state index contributed by atoms with van der Waals surface area (Å²) in [7, 11) is 0. The molecular weight excluding hydrogens is 304 g/mol. The molecule has 6 nitrogen and oxygen atoms in total. The van der Waals surface area contributed by atoms with E-state index in [0.29, 0.717) is 18.9 Å². The Balaban J connectivity index is 1.56. The topological polar surface area (TPSA) is 71.2 Å². The van der Waals surface area contributed by atoms with Gasteiger partial charge in [0, 0.05) is 13.1 Å². The van der Waals surface area contributed by atoms with E-state index in [1.54, 1.807) is 9.58 Å². The monoisotopic (exact) mass is 328 g/mol. The number of amides is 1. The Morgan fingerprint density at radius 3 is 2.67 bits per heavy atom. The van der Waals surface area contributed by atoms with Gasteiger partial charge in [-0.3, -0.25) is 4.79 Å². The maximum atomic E-state index is 12.5. The standard InChI is InChI=1S/C18H24N4O2/c1-13-19-14(2)22(20-13)12-18(24)21-9-8-16(17(23)11-21)10-15-6-4-3-5-7-15/h3-7,16-17,23H,8-12H2,1-2H3/t16-,17+/m1/s1. The van der Waals surface area contributed by atoms with Crippen LogP contribution in [0.2, 0.25) is 0 Å². The first-order valence-corrected chi connectivity index (χ1v) is 8.40. The zero-order valence-electron chi connectivity index (χ0n) is 14.2. The number of carbonyl (C=O) groups is 1. The predicted octanol–water partition coefficient (Wildman–Crippen LogP) is 1.35. The van der Waals surface area contributed by atoms with Crippen LogP contribution in [0, 0.1) is 19.8 Å². The van der Waals surface area contributed by atoms with Crippen molar-refractivity contribution in [2.45, 2.75) is 39.3 Å². The van der Waals surface area contributed by atoms with Crippen molar-refractivity contribution in [3.63, 3.8) is 0 Å². The lowest BCUT2D eigenvalue weighted by Crippen LogP contribution is -2.48. The average Bonchev–Trinajstić information content (AvgIpc) is 2.87. The Kier molecular flexibility index (Phi) is 4.94. The fourth-order valence-electron chi connectivity index (χ4n) is 3.30. The zero-order chi connectivity index (χ0) is 17.1. The third kappa shape index (κ3) is 3.82. The van der Waals surface area contributed by atoms with E-state index in [1.165, 1.54) is 5.56 Å². The largest absolute Gasteiger partial charge is 0.391 e. The van der Waals surface area contributed by atoms with Crippen molar-refractivity contribution in [2.24, 2.45) is 5.92 Å². The zero-order valence-corrected chi connectivity index (χ0v) is 14.2. The first-order chi connectivity index (χ1) is 11.5. The number of hydrogen-bond donors (Lipinski definition) is 1. The van der Waals surface area contributed by atoms with Gasteiger partial charge in [-0.1, -0.05) is 30.3 Å². The Labute approximate surface area is 142 Å². The molecule has 1 aliphatic rings. The summed E-state index contributed by atoms with van der Waals surface area (Å²) < 4.78 is 1.63. The van der Waals surface area contributed by atoms with Gasteiger partial charge in [0.2, 0.25) is 5.91 Å². The first-order valence-electron chi connectivity index (χ1n) is 8.40. The van der Waals surface area contributed by atoms with E-state index in [-0.39, 0.29) is 18.4 Å². The Hall–Kier alpha value is -2.21. The molecule has 1 saturated heterocycles. The van der Waals surface area contributed by atoms with Crippen molar-refractivity contribution in [3.05, 3.63) is 47.5 Å². The van der Waals surface area contributed by atoms with Gasteiger partial charge in [0.15, 0.2) is 0 Å². The Morgan fingerprint density at radius 1 is 1.29 bits per heavy atom. The second-order valence-corrected chi connectivity index (χ2v) is 6.51. The van der Waals surface area contributed by atoms with Crippen LogP contribution in [0.1, 0.15) is 23.6 Å². The molecule has 0 bridgehead atoms. The molecule has 3 rings (SSSR count). The summed E-state index contributed by atoms with van der Waals surface area (Å²) in [6, 6.07) is 10.2. The van der Waals surface area contributed by atoms with Crippen molar-refractivity contribution < 1.29 is 9.90 Å². The van der Waals surface area contributed by atoms with Crippen LogP contribution < -0.4 is 0 Å². The number of aromatic nitrogens is 3. The number of likely N-dealkylation sites (tertiary alicyclic amines) is 1. The number of aryl methyl sites for hydroxylation is 2. The minimum atomic E-state index is -0.485. The van der Waals surface area contributed by atoms with Crippen molar-refractivity contribution in [2.75, 3.05) is 13.1 Å². The summed E-state index contributed by atoms with van der Waals surface area (Å²) in [5, 5.41) is 14.7. The number of benzene rings is 1. The van der Waals surface area contributed by atoms with Crippen molar-refractivity contribution >= 4 is 5.91 Å². The fourth-order valence-corrected chi connectivity index (χ4v) is 3.30. The van der Waals surface area contributed by atoms with Gasteiger partial charge in [0.25, 0.3) is 0 Å². The van der Waals surface area contributed by atoms with E-state index in [4.69, 9.17) is 0 Å². The van der Waals surface area contributed by atoms with E-state index in [9.17, 15) is 9.90 Å². The van der Waals surface area contributed by atoms with Crippen LogP contribution in [0.15, 0.2) is 30.3 Å². The molecule has 6 heteroatoms. The maximum absolute atomic E-state index is 12.5. The molecule has 1 aromatic heterocycles. The van der Waals surface area contributed by atoms with Gasteiger partial charge in [0.05, 0.1) is 6.10 Å². The van der Waals surface area contributed by atoms with Crippen LogP contribution in [0.5, 0.6) is 0 Å². The van der Waals surface area contributed by atoms with Gasteiger partial charge < -0.3 is 10.0 Å². The molecule has 2 atom stereocenters. The SMILES string of the molecule is Cc1nc(C)n(CC(=O)N2CC[C@H](Cc3ccccc3)[C@@H](O)C2)n1. The second kappa shape index (κ2) is 7.13. The van der Waals surface area contributed by atoms with Crippen LogP contribution >= 0.6 is 0 Å². The minimum absolute atomic E-state index is 0.0137. The van der Waals surface area contributed by atoms with Gasteiger partial charge in [0.1, 0.15) is 18.2 Å². The fraction of sp³-hybridized carbons (Fsp3) is 0.500. The lowest BCUT2D eigenvalue weighted by Gasteiger charge is -2.36. The van der Waals surface area contributed by atoms with Crippen LogP contribution in [-0.2, 0) is 17.8 Å². The van der Waals surface area contributed by atoms with Crippen LogP contribution in [0.4, 0.5) is 0 Å². The van der Waals surface area contributed by atoms with E-state index in [1.807, 2.05) is 32.0 Å². The molecular formula is C18H24N4O2. The molecule has 1 aliphatic heterocycles. The quantitative estimate of drug-likeness (QED) is 0.919. The van der Waals surface area contributed by atoms with Crippen LogP contribution in [0.25, 0.3) is 0 Å². The molecule has 1 aromatic carbocycles. The summed E-state index contributed by atoms with van der Waals surface area (Å²) in [6.45, 7) is 4.91. The van der Waals surface area contributed by atoms with Gasteiger partial charge in [-0.15, -0.1) is 0 Å². The molecule has 2 aromatic rings. The molecule has 1 amide bonds. The number of piperidine rings is 1. The predicted molar refractivity (Wildman–Crippen MR) is 90.3 cm³/mol. The number of nitrogens with zero attached hydrogens (tertiary/aromatic N) is 4. The van der Waals surface area contributed by atoms with Crippen LogP contribution in [0.3, 0.4) is 0 Å². The third-order valence-corrected chi connectivity index (χ3v) is 4.66. The maximum Gasteiger partial charge on any atom is 0.244 e. The molecule has 2 heterocycles. The smallest absolute Gasteiger partial charge is 0.244 e. The molecule has 0 aliphatic carbocycles. The summed E-state index contributed by atoms with van der Waals surface area (Å²) >= 11 is 0. The highest BCUT2D eigenvalue weighted by Crippen LogP contribution is 2.22. The number of β-amino-alcohol motifs (C(OH)–C–C–N with tert-alkyl or cyclic N) is 1. The molecule has 1 N–H and O–H groups in total. The van der Waals surface area contributed by atoms with E-state index in [2.05, 4.69) is 22.2 Å². The summed E-state index contributed by atoms with van der Waals surface area (Å²) in [4.78, 5) is 18.4. The molecule has 0 spiro atoms. The highest BCUT2D eigenvalue weighted by molar-refractivity contribution is 5.76. The molecule has 24 heavy (non-hydrogen) atoms.